The number of nitrogens with zero attached hydrogens (tertiary/aromatic N) is 3. The molecule has 1 atom stereocenters. The Morgan fingerprint density at radius 3 is 2.65 bits per heavy atom. The summed E-state index contributed by atoms with van der Waals surface area (Å²) in [5, 5.41) is 4.01. The van der Waals surface area contributed by atoms with Crippen LogP contribution in [0.2, 0.25) is 0 Å². The van der Waals surface area contributed by atoms with Crippen LogP contribution in [0.3, 0.4) is 0 Å². The molecule has 0 N–H and O–H groups in total. The highest BCUT2D eigenvalue weighted by atomic mass is 16.5. The van der Waals surface area contributed by atoms with E-state index in [1.165, 1.54) is 0 Å². The van der Waals surface area contributed by atoms with Crippen molar-refractivity contribution in [3.63, 3.8) is 0 Å². The number of benzene rings is 1. The molecule has 26 heavy (non-hydrogen) atoms. The van der Waals surface area contributed by atoms with Crippen LogP contribution in [0.1, 0.15) is 61.7 Å². The van der Waals surface area contributed by atoms with Gasteiger partial charge in [-0.05, 0) is 38.2 Å². The van der Waals surface area contributed by atoms with E-state index in [0.29, 0.717) is 18.4 Å². The van der Waals surface area contributed by atoms with Crippen molar-refractivity contribution in [3.8, 4) is 0 Å². The lowest BCUT2D eigenvalue weighted by Crippen LogP contribution is -2.42. The van der Waals surface area contributed by atoms with Crippen molar-refractivity contribution in [2.75, 3.05) is 13.1 Å². The van der Waals surface area contributed by atoms with Crippen LogP contribution in [-0.4, -0.2) is 40.1 Å². The molecule has 2 heterocycles. The van der Waals surface area contributed by atoms with Gasteiger partial charge in [-0.2, -0.15) is 4.98 Å². The summed E-state index contributed by atoms with van der Waals surface area (Å²) in [6.07, 6.45) is 4.15. The SMILES string of the molecule is C[C@H](C(=O)N1CCC(OCc2nc(C3CC3)no2)CC1)c1ccccc1. The lowest BCUT2D eigenvalue weighted by Gasteiger charge is -2.33. The Labute approximate surface area is 153 Å². The van der Waals surface area contributed by atoms with E-state index in [9.17, 15) is 4.79 Å². The van der Waals surface area contributed by atoms with Gasteiger partial charge in [0.25, 0.3) is 5.89 Å². The van der Waals surface area contributed by atoms with Crippen molar-refractivity contribution in [1.82, 2.24) is 15.0 Å². The van der Waals surface area contributed by atoms with Gasteiger partial charge in [0, 0.05) is 19.0 Å². The maximum absolute atomic E-state index is 12.7. The van der Waals surface area contributed by atoms with Gasteiger partial charge in [0.05, 0.1) is 12.0 Å². The largest absolute Gasteiger partial charge is 0.368 e. The van der Waals surface area contributed by atoms with Gasteiger partial charge in [-0.1, -0.05) is 35.5 Å². The van der Waals surface area contributed by atoms with Crippen LogP contribution >= 0.6 is 0 Å². The van der Waals surface area contributed by atoms with Crippen LogP contribution in [0.15, 0.2) is 34.9 Å². The van der Waals surface area contributed by atoms with Crippen molar-refractivity contribution >= 4 is 5.91 Å². The van der Waals surface area contributed by atoms with Gasteiger partial charge in [-0.15, -0.1) is 0 Å². The monoisotopic (exact) mass is 355 g/mol. The molecule has 1 aliphatic carbocycles. The van der Waals surface area contributed by atoms with Crippen LogP contribution in [0.4, 0.5) is 0 Å². The van der Waals surface area contributed by atoms with Crippen LogP contribution in [-0.2, 0) is 16.1 Å². The number of hydrogen-bond acceptors (Lipinski definition) is 5. The van der Waals surface area contributed by atoms with Crippen LogP contribution in [0.5, 0.6) is 0 Å². The molecule has 0 radical (unpaired) electrons. The Hall–Kier alpha value is -2.21. The third kappa shape index (κ3) is 3.96. The molecule has 0 unspecified atom stereocenters. The van der Waals surface area contributed by atoms with Gasteiger partial charge in [-0.3, -0.25) is 4.79 Å². The molecule has 2 fully saturated rings. The van der Waals surface area contributed by atoms with Crippen molar-refractivity contribution < 1.29 is 14.1 Å². The molecule has 0 bridgehead atoms. The van der Waals surface area contributed by atoms with E-state index in [1.807, 2.05) is 42.2 Å². The second-order valence-corrected chi connectivity index (χ2v) is 7.29. The van der Waals surface area contributed by atoms with Gasteiger partial charge < -0.3 is 14.2 Å². The third-order valence-corrected chi connectivity index (χ3v) is 5.29. The molecule has 1 saturated heterocycles. The zero-order valence-electron chi connectivity index (χ0n) is 15.1. The fourth-order valence-electron chi connectivity index (χ4n) is 3.42. The van der Waals surface area contributed by atoms with Gasteiger partial charge in [0.2, 0.25) is 5.91 Å². The van der Waals surface area contributed by atoms with Gasteiger partial charge >= 0.3 is 0 Å². The molecule has 1 amide bonds. The normalized spacial score (nSPS) is 19.5. The van der Waals surface area contributed by atoms with E-state index in [0.717, 1.165) is 50.2 Å². The zero-order valence-corrected chi connectivity index (χ0v) is 15.1. The quantitative estimate of drug-likeness (QED) is 0.795. The molecule has 1 aliphatic heterocycles. The molecule has 1 aromatic carbocycles. The average Bonchev–Trinajstić information content (AvgIpc) is 3.44. The van der Waals surface area contributed by atoms with Gasteiger partial charge in [-0.25, -0.2) is 0 Å². The Morgan fingerprint density at radius 2 is 1.96 bits per heavy atom. The fraction of sp³-hybridized carbons (Fsp3) is 0.550. The van der Waals surface area contributed by atoms with E-state index in [2.05, 4.69) is 10.1 Å². The second-order valence-electron chi connectivity index (χ2n) is 7.29. The Balaban J connectivity index is 1.23. The molecule has 6 heteroatoms. The lowest BCUT2D eigenvalue weighted by molar-refractivity contribution is -0.135. The zero-order chi connectivity index (χ0) is 17.9. The van der Waals surface area contributed by atoms with E-state index in [-0.39, 0.29) is 17.9 Å². The maximum atomic E-state index is 12.7. The van der Waals surface area contributed by atoms with Gasteiger partial charge in [0.1, 0.15) is 6.61 Å². The number of amides is 1. The van der Waals surface area contributed by atoms with E-state index < -0.39 is 0 Å². The van der Waals surface area contributed by atoms with Crippen molar-refractivity contribution in [2.45, 2.75) is 57.2 Å². The molecule has 1 saturated carbocycles. The van der Waals surface area contributed by atoms with E-state index >= 15 is 0 Å². The number of piperidine rings is 1. The first-order valence-electron chi connectivity index (χ1n) is 9.48. The standard InChI is InChI=1S/C20H25N3O3/c1-14(15-5-3-2-4-6-15)20(24)23-11-9-17(10-12-23)25-13-18-21-19(22-26-18)16-7-8-16/h2-6,14,16-17H,7-13H2,1H3/t14-/m0/s1. The van der Waals surface area contributed by atoms with Crippen molar-refractivity contribution in [2.24, 2.45) is 0 Å². The average molecular weight is 355 g/mol. The number of aromatic nitrogens is 2. The summed E-state index contributed by atoms with van der Waals surface area (Å²) in [6, 6.07) is 9.95. The van der Waals surface area contributed by atoms with Gasteiger partial charge in [0.15, 0.2) is 5.82 Å². The predicted molar refractivity (Wildman–Crippen MR) is 95.5 cm³/mol. The third-order valence-electron chi connectivity index (χ3n) is 5.29. The number of hydrogen-bond donors (Lipinski definition) is 0. The Morgan fingerprint density at radius 1 is 1.23 bits per heavy atom. The minimum Gasteiger partial charge on any atom is -0.368 e. The second kappa shape index (κ2) is 7.58. The molecule has 1 aromatic heterocycles. The molecule has 6 nitrogen and oxygen atoms in total. The maximum Gasteiger partial charge on any atom is 0.252 e. The van der Waals surface area contributed by atoms with Crippen LogP contribution < -0.4 is 0 Å². The minimum absolute atomic E-state index is 0.104. The smallest absolute Gasteiger partial charge is 0.252 e. The number of rotatable bonds is 6. The van der Waals surface area contributed by atoms with Crippen LogP contribution in [0, 0.1) is 0 Å². The van der Waals surface area contributed by atoms with E-state index in [1.54, 1.807) is 0 Å². The number of carbonyl (C=O) groups excluding carboxylic acids is 1. The number of likely N-dealkylation sites (tertiary alicyclic amines) is 1. The molecule has 138 valence electrons. The first-order valence-corrected chi connectivity index (χ1v) is 9.48. The summed E-state index contributed by atoms with van der Waals surface area (Å²) in [4.78, 5) is 19.1. The minimum atomic E-state index is -0.104. The highest BCUT2D eigenvalue weighted by molar-refractivity contribution is 5.83. The summed E-state index contributed by atoms with van der Waals surface area (Å²) in [5.41, 5.74) is 1.07. The molecule has 0 spiro atoms. The van der Waals surface area contributed by atoms with Crippen molar-refractivity contribution in [1.29, 1.82) is 0 Å². The summed E-state index contributed by atoms with van der Waals surface area (Å²) in [5.74, 6) is 1.96. The summed E-state index contributed by atoms with van der Waals surface area (Å²) >= 11 is 0. The lowest BCUT2D eigenvalue weighted by atomic mass is 9.98. The molecule has 2 aliphatic rings. The Bertz CT molecular complexity index is 734. The Kier molecular flexibility index (Phi) is 5.02. The molecule has 4 rings (SSSR count). The molecular weight excluding hydrogens is 330 g/mol. The first kappa shape index (κ1) is 17.2. The molecule has 2 aromatic rings. The topological polar surface area (TPSA) is 68.5 Å². The highest BCUT2D eigenvalue weighted by Gasteiger charge is 2.30. The summed E-state index contributed by atoms with van der Waals surface area (Å²) in [7, 11) is 0. The summed E-state index contributed by atoms with van der Waals surface area (Å²) in [6.45, 7) is 3.81. The van der Waals surface area contributed by atoms with Crippen molar-refractivity contribution in [3.05, 3.63) is 47.6 Å². The molecular formula is C20H25N3O3. The highest BCUT2D eigenvalue weighted by Crippen LogP contribution is 2.38. The van der Waals surface area contributed by atoms with E-state index in [4.69, 9.17) is 9.26 Å². The number of carbonyl (C=O) groups is 1. The predicted octanol–water partition coefficient (Wildman–Crippen LogP) is 3.26. The first-order chi connectivity index (χ1) is 12.7. The number of ether oxygens (including phenoxy) is 1. The van der Waals surface area contributed by atoms with Crippen LogP contribution in [0.25, 0.3) is 0 Å². The fourth-order valence-corrected chi connectivity index (χ4v) is 3.42. The summed E-state index contributed by atoms with van der Waals surface area (Å²) < 4.78 is 11.2.